The second-order valence-electron chi connectivity index (χ2n) is 3.10. The number of nitrogens with two attached hydrogens (primary N) is 1. The van der Waals surface area contributed by atoms with Crippen LogP contribution in [0.4, 0.5) is 0 Å². The minimum atomic E-state index is -0.753. The molecule has 1 atom stereocenters. The van der Waals surface area contributed by atoms with Crippen molar-refractivity contribution >= 4 is 5.97 Å². The van der Waals surface area contributed by atoms with E-state index in [-0.39, 0.29) is 6.04 Å². The minimum absolute atomic E-state index is 0.364. The molecule has 0 fully saturated rings. The first-order valence-corrected chi connectivity index (χ1v) is 4.19. The summed E-state index contributed by atoms with van der Waals surface area (Å²) in [6.07, 6.45) is 2.46. The molecule has 0 aliphatic heterocycles. The van der Waals surface area contributed by atoms with E-state index < -0.39 is 5.97 Å². The summed E-state index contributed by atoms with van der Waals surface area (Å²) in [5.74, 6) is -0.753. The number of hydrogen-bond acceptors (Lipinski definition) is 3. The van der Waals surface area contributed by atoms with Crippen molar-refractivity contribution in [2.75, 3.05) is 20.6 Å². The van der Waals surface area contributed by atoms with Gasteiger partial charge in [0, 0.05) is 0 Å². The zero-order chi connectivity index (χ0) is 9.56. The summed E-state index contributed by atoms with van der Waals surface area (Å²) in [6, 6.07) is -0.364. The van der Waals surface area contributed by atoms with Crippen LogP contribution in [0, 0.1) is 0 Å². The maximum atomic E-state index is 10.7. The van der Waals surface area contributed by atoms with Gasteiger partial charge in [-0.05, 0) is 33.5 Å². The predicted molar refractivity (Wildman–Crippen MR) is 48.0 cm³/mol. The molecule has 4 nitrogen and oxygen atoms in total. The Bertz CT molecular complexity index is 137. The zero-order valence-electron chi connectivity index (χ0n) is 7.79. The number of unbranched alkanes of at least 4 members (excludes halogenated alkanes) is 1. The van der Waals surface area contributed by atoms with Crippen LogP contribution in [0.2, 0.25) is 0 Å². The van der Waals surface area contributed by atoms with Crippen LogP contribution >= 0.6 is 0 Å². The standard InChI is InChI=1S/C8H18N2O2/c1-10(2)7(8(11)12)5-3-4-6-9/h7H,3-6,9H2,1-2H3,(H,11,12)/t7-/m0/s1/i1+2,2+2. The van der Waals surface area contributed by atoms with Crippen molar-refractivity contribution in [2.45, 2.75) is 25.3 Å². The molecule has 72 valence electrons. The summed E-state index contributed by atoms with van der Waals surface area (Å²) in [5, 5.41) is 8.77. The van der Waals surface area contributed by atoms with Gasteiger partial charge in [0.2, 0.25) is 0 Å². The van der Waals surface area contributed by atoms with Crippen LogP contribution in [0.3, 0.4) is 0 Å². The highest BCUT2D eigenvalue weighted by Gasteiger charge is 2.18. The molecule has 0 bridgehead atoms. The SMILES string of the molecule is [14CH3]N([14CH3])[C@@H](CCCCN)C(=O)O. The second kappa shape index (κ2) is 5.97. The number of hydrogen-bond donors (Lipinski definition) is 2. The molecule has 0 aromatic carbocycles. The van der Waals surface area contributed by atoms with Gasteiger partial charge in [-0.25, -0.2) is 0 Å². The highest BCUT2D eigenvalue weighted by atomic mass is 16.4. The van der Waals surface area contributed by atoms with E-state index in [0.717, 1.165) is 12.8 Å². The van der Waals surface area contributed by atoms with Gasteiger partial charge in [0.15, 0.2) is 0 Å². The highest BCUT2D eigenvalue weighted by molar-refractivity contribution is 5.73. The van der Waals surface area contributed by atoms with Gasteiger partial charge >= 0.3 is 5.97 Å². The van der Waals surface area contributed by atoms with E-state index in [1.165, 1.54) is 0 Å². The lowest BCUT2D eigenvalue weighted by Crippen LogP contribution is -2.35. The third-order valence-electron chi connectivity index (χ3n) is 1.84. The van der Waals surface area contributed by atoms with E-state index >= 15 is 0 Å². The molecule has 0 aliphatic rings. The molecule has 0 saturated carbocycles. The van der Waals surface area contributed by atoms with Gasteiger partial charge < -0.3 is 10.8 Å². The van der Waals surface area contributed by atoms with Gasteiger partial charge in [0.05, 0.1) is 0 Å². The van der Waals surface area contributed by atoms with E-state index in [9.17, 15) is 4.79 Å². The molecule has 0 rings (SSSR count). The fourth-order valence-corrected chi connectivity index (χ4v) is 1.08. The van der Waals surface area contributed by atoms with Crippen LogP contribution in [0.5, 0.6) is 0 Å². The van der Waals surface area contributed by atoms with Crippen LogP contribution < -0.4 is 5.73 Å². The summed E-state index contributed by atoms with van der Waals surface area (Å²) in [7, 11) is 3.56. The Hall–Kier alpha value is -0.610. The minimum Gasteiger partial charge on any atom is -0.480 e. The van der Waals surface area contributed by atoms with E-state index in [1.807, 2.05) is 0 Å². The van der Waals surface area contributed by atoms with Crippen LogP contribution in [0.15, 0.2) is 0 Å². The Balaban J connectivity index is 3.72. The smallest absolute Gasteiger partial charge is 0.320 e. The number of carboxylic acid groups (broad SMARTS) is 1. The Labute approximate surface area is 73.3 Å². The fraction of sp³-hybridized carbons (Fsp3) is 0.875. The topological polar surface area (TPSA) is 66.6 Å². The molecule has 0 unspecified atom stereocenters. The summed E-state index contributed by atoms with van der Waals surface area (Å²) in [5.41, 5.74) is 5.31. The van der Waals surface area contributed by atoms with Crippen LogP contribution in [-0.4, -0.2) is 42.7 Å². The van der Waals surface area contributed by atoms with Gasteiger partial charge in [-0.3, -0.25) is 9.69 Å². The number of nitrogens with zero attached hydrogens (tertiary/aromatic N) is 1. The molecule has 0 aromatic heterocycles. The Morgan fingerprint density at radius 3 is 2.42 bits per heavy atom. The second-order valence-corrected chi connectivity index (χ2v) is 3.10. The monoisotopic (exact) mass is 178 g/mol. The maximum absolute atomic E-state index is 10.7. The largest absolute Gasteiger partial charge is 0.480 e. The number of rotatable bonds is 6. The maximum Gasteiger partial charge on any atom is 0.320 e. The number of carbonyl (C=O) groups is 1. The number of carboxylic acids is 1. The molecule has 0 aromatic rings. The lowest BCUT2D eigenvalue weighted by Gasteiger charge is -2.19. The molecule has 0 spiro atoms. The molecule has 12 heavy (non-hydrogen) atoms. The van der Waals surface area contributed by atoms with Gasteiger partial charge in [-0.15, -0.1) is 0 Å². The van der Waals surface area contributed by atoms with Gasteiger partial charge in [-0.2, -0.15) is 0 Å². The lowest BCUT2D eigenvalue weighted by molar-refractivity contribution is -0.142. The van der Waals surface area contributed by atoms with Crippen molar-refractivity contribution in [1.82, 2.24) is 4.90 Å². The summed E-state index contributed by atoms with van der Waals surface area (Å²) < 4.78 is 0. The average Bonchev–Trinajstić information content (AvgIpc) is 1.96. The van der Waals surface area contributed by atoms with Crippen molar-refractivity contribution in [1.29, 1.82) is 0 Å². The van der Waals surface area contributed by atoms with E-state index in [4.69, 9.17) is 10.8 Å². The normalized spacial score (nSPS) is 13.3. The first-order valence-electron chi connectivity index (χ1n) is 4.19. The van der Waals surface area contributed by atoms with E-state index in [2.05, 4.69) is 0 Å². The predicted octanol–water partition coefficient (Wildman–Crippen LogP) is 0.130. The average molecular weight is 178 g/mol. The molecule has 0 heterocycles. The Kier molecular flexibility index (Phi) is 5.66. The third kappa shape index (κ3) is 4.31. The lowest BCUT2D eigenvalue weighted by atomic mass is 10.1. The molecule has 4 heteroatoms. The van der Waals surface area contributed by atoms with Crippen molar-refractivity contribution < 1.29 is 9.90 Å². The van der Waals surface area contributed by atoms with Crippen LogP contribution in [-0.2, 0) is 4.79 Å². The summed E-state index contributed by atoms with van der Waals surface area (Å²) in [4.78, 5) is 12.4. The zero-order valence-corrected chi connectivity index (χ0v) is 7.79. The van der Waals surface area contributed by atoms with Crippen molar-refractivity contribution in [3.8, 4) is 0 Å². The third-order valence-corrected chi connectivity index (χ3v) is 1.84. The Morgan fingerprint density at radius 2 is 2.08 bits per heavy atom. The summed E-state index contributed by atoms with van der Waals surface area (Å²) >= 11 is 0. The van der Waals surface area contributed by atoms with Gasteiger partial charge in [0.25, 0.3) is 0 Å². The molecule has 3 N–H and O–H groups in total. The Morgan fingerprint density at radius 1 is 1.50 bits per heavy atom. The van der Waals surface area contributed by atoms with Crippen molar-refractivity contribution in [2.24, 2.45) is 5.73 Å². The van der Waals surface area contributed by atoms with Crippen molar-refractivity contribution in [3.05, 3.63) is 0 Å². The quantitative estimate of drug-likeness (QED) is 0.567. The van der Waals surface area contributed by atoms with E-state index in [1.54, 1.807) is 19.0 Å². The van der Waals surface area contributed by atoms with Crippen LogP contribution in [0.25, 0.3) is 0 Å². The molecular formula is C8H18N2O2. The fourth-order valence-electron chi connectivity index (χ4n) is 1.08. The summed E-state index contributed by atoms with van der Waals surface area (Å²) in [6.45, 7) is 0.639. The highest BCUT2D eigenvalue weighted by Crippen LogP contribution is 2.05. The molecule has 0 aliphatic carbocycles. The van der Waals surface area contributed by atoms with Gasteiger partial charge in [-0.1, -0.05) is 6.42 Å². The molecule has 0 saturated heterocycles. The number of aliphatic carboxylic acids is 1. The molecule has 0 radical (unpaired) electrons. The molecule has 0 amide bonds. The first-order chi connectivity index (χ1) is 5.59. The van der Waals surface area contributed by atoms with Crippen LogP contribution in [0.1, 0.15) is 19.3 Å². The first kappa shape index (κ1) is 11.4. The molecular weight excluding hydrogens is 160 g/mol. The van der Waals surface area contributed by atoms with Crippen molar-refractivity contribution in [3.63, 3.8) is 0 Å². The number of likely N-dealkylation sites (N-methyl/N-ethyl adjacent to an activating group) is 1. The van der Waals surface area contributed by atoms with E-state index in [0.29, 0.717) is 13.0 Å². The van der Waals surface area contributed by atoms with Gasteiger partial charge in [0.1, 0.15) is 6.04 Å².